The fourth-order valence-corrected chi connectivity index (χ4v) is 2.72. The molecule has 0 spiro atoms. The fraction of sp³-hybridized carbons (Fsp3) is 0.214. The van der Waals surface area contributed by atoms with Gasteiger partial charge in [0.25, 0.3) is 0 Å². The van der Waals surface area contributed by atoms with Gasteiger partial charge in [0.1, 0.15) is 5.69 Å². The molecule has 0 amide bonds. The third kappa shape index (κ3) is 2.29. The number of thiazole rings is 1. The summed E-state index contributed by atoms with van der Waals surface area (Å²) in [4.78, 5) is 5.39. The molecule has 98 valence electrons. The lowest BCUT2D eigenvalue weighted by Crippen LogP contribution is -2.03. The molecule has 0 saturated carbocycles. The second kappa shape index (κ2) is 4.93. The molecule has 3 aromatic rings. The molecular weight excluding hydrogens is 258 g/mol. The van der Waals surface area contributed by atoms with Crippen LogP contribution < -0.4 is 10.1 Å². The number of nitrogens with one attached hydrogen (secondary N) is 1. The zero-order valence-corrected chi connectivity index (χ0v) is 11.7. The first-order chi connectivity index (χ1) is 9.28. The summed E-state index contributed by atoms with van der Waals surface area (Å²) in [6.07, 6.45) is 2.02. The van der Waals surface area contributed by atoms with Crippen LogP contribution in [-0.4, -0.2) is 16.5 Å². The van der Waals surface area contributed by atoms with E-state index in [0.29, 0.717) is 12.4 Å². The lowest BCUT2D eigenvalue weighted by molar-refractivity contribution is 0.395. The first-order valence-electron chi connectivity index (χ1n) is 6.07. The Kier molecular flexibility index (Phi) is 3.13. The molecule has 3 rings (SSSR count). The van der Waals surface area contributed by atoms with Crippen molar-refractivity contribution in [2.75, 3.05) is 12.4 Å². The number of methoxy groups -OCH3 is 1. The summed E-state index contributed by atoms with van der Waals surface area (Å²) in [5, 5.41) is 5.42. The van der Waals surface area contributed by atoms with Gasteiger partial charge in [-0.25, -0.2) is 0 Å². The lowest BCUT2D eigenvalue weighted by Gasteiger charge is -2.07. The van der Waals surface area contributed by atoms with Gasteiger partial charge in [0, 0.05) is 17.3 Å². The molecule has 0 bridgehead atoms. The number of ether oxygens (including phenoxy) is 1. The van der Waals surface area contributed by atoms with E-state index in [2.05, 4.69) is 45.9 Å². The molecule has 2 heterocycles. The molecule has 0 aliphatic carbocycles. The van der Waals surface area contributed by atoms with Gasteiger partial charge < -0.3 is 10.1 Å². The molecule has 4 nitrogen and oxygen atoms in total. The molecule has 0 aliphatic heterocycles. The number of imidazole rings is 1. The van der Waals surface area contributed by atoms with Gasteiger partial charge in [-0.15, -0.1) is 11.3 Å². The fourth-order valence-electron chi connectivity index (χ4n) is 1.99. The minimum absolute atomic E-state index is 0.685. The molecule has 5 heteroatoms. The molecule has 0 atom stereocenters. The Morgan fingerprint density at radius 1 is 1.32 bits per heavy atom. The Bertz CT molecular complexity index is 684. The first kappa shape index (κ1) is 12.0. The second-order valence-electron chi connectivity index (χ2n) is 4.34. The van der Waals surface area contributed by atoms with Gasteiger partial charge in [-0.2, -0.15) is 4.98 Å². The molecule has 0 radical (unpaired) electrons. The lowest BCUT2D eigenvalue weighted by atomic mass is 10.2. The summed E-state index contributed by atoms with van der Waals surface area (Å²) < 4.78 is 7.39. The van der Waals surface area contributed by atoms with Crippen molar-refractivity contribution in [2.24, 2.45) is 0 Å². The second-order valence-corrected chi connectivity index (χ2v) is 5.22. The number of aromatic nitrogens is 2. The van der Waals surface area contributed by atoms with Crippen LogP contribution in [0.3, 0.4) is 0 Å². The molecule has 0 saturated heterocycles. The summed E-state index contributed by atoms with van der Waals surface area (Å²) in [5.74, 6) is 0.687. The van der Waals surface area contributed by atoms with E-state index in [-0.39, 0.29) is 0 Å². The summed E-state index contributed by atoms with van der Waals surface area (Å²) in [5.41, 5.74) is 3.39. The average molecular weight is 273 g/mol. The van der Waals surface area contributed by atoms with E-state index in [1.807, 2.05) is 11.6 Å². The van der Waals surface area contributed by atoms with E-state index < -0.39 is 0 Å². The number of nitrogens with zero attached hydrogens (tertiary/aromatic N) is 2. The highest BCUT2D eigenvalue weighted by Gasteiger charge is 2.13. The van der Waals surface area contributed by atoms with Crippen LogP contribution in [0.25, 0.3) is 4.96 Å². The predicted molar refractivity (Wildman–Crippen MR) is 78.1 cm³/mol. The molecule has 0 aliphatic rings. The topological polar surface area (TPSA) is 38.6 Å². The largest absolute Gasteiger partial charge is 0.480 e. The zero-order chi connectivity index (χ0) is 13.2. The third-order valence-electron chi connectivity index (χ3n) is 3.03. The Hall–Kier alpha value is -2.01. The van der Waals surface area contributed by atoms with Crippen molar-refractivity contribution in [3.63, 3.8) is 0 Å². The van der Waals surface area contributed by atoms with Crippen LogP contribution in [-0.2, 0) is 6.54 Å². The van der Waals surface area contributed by atoms with Crippen molar-refractivity contribution in [1.29, 1.82) is 0 Å². The number of hydrogen-bond acceptors (Lipinski definition) is 4. The van der Waals surface area contributed by atoms with E-state index in [1.165, 1.54) is 5.56 Å². The number of benzene rings is 1. The first-order valence-corrected chi connectivity index (χ1v) is 6.95. The Morgan fingerprint density at radius 3 is 2.84 bits per heavy atom. The number of hydrogen-bond donors (Lipinski definition) is 1. The van der Waals surface area contributed by atoms with Crippen molar-refractivity contribution < 1.29 is 4.74 Å². The molecule has 1 N–H and O–H groups in total. The molecule has 0 fully saturated rings. The molecular formula is C14H15N3OS. The van der Waals surface area contributed by atoms with Gasteiger partial charge in [-0.05, 0) is 19.1 Å². The van der Waals surface area contributed by atoms with Crippen LogP contribution >= 0.6 is 11.3 Å². The maximum Gasteiger partial charge on any atom is 0.238 e. The molecule has 19 heavy (non-hydrogen) atoms. The maximum absolute atomic E-state index is 5.33. The maximum atomic E-state index is 5.33. The van der Waals surface area contributed by atoms with E-state index in [4.69, 9.17) is 4.74 Å². The van der Waals surface area contributed by atoms with Crippen molar-refractivity contribution in [2.45, 2.75) is 13.5 Å². The van der Waals surface area contributed by atoms with E-state index in [0.717, 1.165) is 16.3 Å². The molecule has 1 aromatic carbocycles. The van der Waals surface area contributed by atoms with Gasteiger partial charge >= 0.3 is 0 Å². The van der Waals surface area contributed by atoms with Crippen LogP contribution in [0.1, 0.15) is 11.3 Å². The number of fused-ring (bicyclic) bond motifs is 1. The van der Waals surface area contributed by atoms with Crippen LogP contribution in [0.4, 0.5) is 5.69 Å². The van der Waals surface area contributed by atoms with E-state index in [9.17, 15) is 0 Å². The van der Waals surface area contributed by atoms with Crippen molar-refractivity contribution in [3.05, 3.63) is 47.1 Å². The minimum atomic E-state index is 0.685. The van der Waals surface area contributed by atoms with Crippen LogP contribution in [0, 0.1) is 6.92 Å². The Morgan fingerprint density at radius 2 is 2.11 bits per heavy atom. The monoisotopic (exact) mass is 273 g/mol. The van der Waals surface area contributed by atoms with Crippen molar-refractivity contribution >= 4 is 22.0 Å². The number of rotatable bonds is 4. The highest BCUT2D eigenvalue weighted by molar-refractivity contribution is 7.15. The average Bonchev–Trinajstić information content (AvgIpc) is 2.99. The van der Waals surface area contributed by atoms with Gasteiger partial charge in [0.05, 0.1) is 13.7 Å². The standard InChI is InChI=1S/C14H15N3OS/c1-10-3-5-11(6-4-10)15-9-12-13(18-2)16-14-17(12)7-8-19-14/h3-8,15H,9H2,1-2H3. The summed E-state index contributed by atoms with van der Waals surface area (Å²) >= 11 is 1.61. The van der Waals surface area contributed by atoms with E-state index in [1.54, 1.807) is 18.4 Å². The van der Waals surface area contributed by atoms with E-state index >= 15 is 0 Å². The van der Waals surface area contributed by atoms with Crippen LogP contribution in [0.15, 0.2) is 35.8 Å². The van der Waals surface area contributed by atoms with Gasteiger partial charge in [0.15, 0.2) is 4.96 Å². The van der Waals surface area contributed by atoms with Crippen molar-refractivity contribution in [1.82, 2.24) is 9.38 Å². The predicted octanol–water partition coefficient (Wildman–Crippen LogP) is 3.32. The summed E-state index contributed by atoms with van der Waals surface area (Å²) in [6, 6.07) is 8.34. The number of anilines is 1. The van der Waals surface area contributed by atoms with Crippen LogP contribution in [0.2, 0.25) is 0 Å². The highest BCUT2D eigenvalue weighted by atomic mass is 32.1. The van der Waals surface area contributed by atoms with Crippen molar-refractivity contribution in [3.8, 4) is 5.88 Å². The van der Waals surface area contributed by atoms with Gasteiger partial charge in [-0.1, -0.05) is 17.7 Å². The van der Waals surface area contributed by atoms with Crippen LogP contribution in [0.5, 0.6) is 5.88 Å². The quantitative estimate of drug-likeness (QED) is 0.792. The van der Waals surface area contributed by atoms with Gasteiger partial charge in [-0.3, -0.25) is 4.40 Å². The molecule has 0 unspecified atom stereocenters. The highest BCUT2D eigenvalue weighted by Crippen LogP contribution is 2.24. The molecule has 2 aromatic heterocycles. The SMILES string of the molecule is COc1nc2sccn2c1CNc1ccc(C)cc1. The third-order valence-corrected chi connectivity index (χ3v) is 3.79. The smallest absolute Gasteiger partial charge is 0.238 e. The van der Waals surface area contributed by atoms with Gasteiger partial charge in [0.2, 0.25) is 5.88 Å². The Labute approximate surface area is 115 Å². The zero-order valence-electron chi connectivity index (χ0n) is 10.9. The Balaban J connectivity index is 1.84. The summed E-state index contributed by atoms with van der Waals surface area (Å²) in [6.45, 7) is 2.77. The normalized spacial score (nSPS) is 10.8. The number of aryl methyl sites for hydroxylation is 1. The summed E-state index contributed by atoms with van der Waals surface area (Å²) in [7, 11) is 1.65. The minimum Gasteiger partial charge on any atom is -0.480 e.